The van der Waals surface area contributed by atoms with Gasteiger partial charge in [-0.25, -0.2) is 9.97 Å². The van der Waals surface area contributed by atoms with E-state index in [1.807, 2.05) is 0 Å². The highest BCUT2D eigenvalue weighted by Gasteiger charge is 2.37. The Bertz CT molecular complexity index is 1010. The van der Waals surface area contributed by atoms with Gasteiger partial charge in [0.15, 0.2) is 11.0 Å². The summed E-state index contributed by atoms with van der Waals surface area (Å²) in [4.78, 5) is 12.1. The van der Waals surface area contributed by atoms with E-state index in [0.717, 1.165) is 49.3 Å². The topological polar surface area (TPSA) is 69.4 Å². The molecule has 2 aliphatic carbocycles. The summed E-state index contributed by atoms with van der Waals surface area (Å²) in [7, 11) is 0. The van der Waals surface area contributed by atoms with Crippen LogP contribution in [0, 0.1) is 0 Å². The molecular weight excluding hydrogens is 389 g/mol. The van der Waals surface area contributed by atoms with Crippen molar-refractivity contribution < 1.29 is 13.2 Å². The first-order valence-corrected chi connectivity index (χ1v) is 9.81. The van der Waals surface area contributed by atoms with Crippen LogP contribution in [0.25, 0.3) is 11.5 Å². The molecule has 0 aliphatic heterocycles. The van der Waals surface area contributed by atoms with Gasteiger partial charge >= 0.3 is 6.18 Å². The molecule has 6 nitrogen and oxygen atoms in total. The van der Waals surface area contributed by atoms with Crippen molar-refractivity contribution in [3.05, 3.63) is 42.0 Å². The number of aromatic nitrogens is 6. The van der Waals surface area contributed by atoms with E-state index in [1.165, 1.54) is 6.20 Å². The predicted octanol–water partition coefficient (Wildman–Crippen LogP) is 4.51. The van der Waals surface area contributed by atoms with Crippen LogP contribution >= 0.6 is 11.8 Å². The molecule has 2 aliphatic rings. The molecular formula is C18H15F3N6S. The maximum absolute atomic E-state index is 13.4. The van der Waals surface area contributed by atoms with E-state index < -0.39 is 11.9 Å². The lowest BCUT2D eigenvalue weighted by atomic mass is 10.3. The van der Waals surface area contributed by atoms with Crippen LogP contribution in [0.2, 0.25) is 0 Å². The van der Waals surface area contributed by atoms with Crippen LogP contribution < -0.4 is 0 Å². The first kappa shape index (κ1) is 17.6. The molecule has 3 heterocycles. The minimum Gasteiger partial charge on any atom is -0.302 e. The number of alkyl halides is 3. The van der Waals surface area contributed by atoms with E-state index in [4.69, 9.17) is 0 Å². The third-order valence-electron chi connectivity index (χ3n) is 4.63. The molecule has 3 aromatic heterocycles. The molecule has 0 saturated heterocycles. The molecule has 0 bridgehead atoms. The van der Waals surface area contributed by atoms with Crippen molar-refractivity contribution in [2.24, 2.45) is 0 Å². The minimum absolute atomic E-state index is 0.0576. The zero-order valence-electron chi connectivity index (χ0n) is 14.6. The molecule has 2 fully saturated rings. The molecule has 0 unspecified atom stereocenters. The maximum atomic E-state index is 13.4. The third-order valence-corrected chi connectivity index (χ3v) is 5.51. The van der Waals surface area contributed by atoms with Gasteiger partial charge in [-0.05, 0) is 49.6 Å². The van der Waals surface area contributed by atoms with Gasteiger partial charge in [0, 0.05) is 24.2 Å². The number of rotatable bonds is 5. The molecule has 0 radical (unpaired) electrons. The largest absolute Gasteiger partial charge is 0.433 e. The molecule has 0 aromatic carbocycles. The van der Waals surface area contributed by atoms with Gasteiger partial charge in [-0.3, -0.25) is 4.98 Å². The minimum atomic E-state index is -4.58. The summed E-state index contributed by atoms with van der Waals surface area (Å²) >= 11 is 1.10. The highest BCUT2D eigenvalue weighted by molar-refractivity contribution is 7.99. The van der Waals surface area contributed by atoms with Gasteiger partial charge in [-0.15, -0.1) is 10.2 Å². The number of hydrogen-bond donors (Lipinski definition) is 0. The molecule has 0 amide bonds. The zero-order chi connectivity index (χ0) is 19.3. The molecule has 2 saturated carbocycles. The van der Waals surface area contributed by atoms with Crippen LogP contribution in [0.3, 0.4) is 0 Å². The number of pyridine rings is 1. The Morgan fingerprint density at radius 2 is 1.86 bits per heavy atom. The quantitative estimate of drug-likeness (QED) is 0.583. The van der Waals surface area contributed by atoms with Gasteiger partial charge in [-0.2, -0.15) is 13.2 Å². The summed E-state index contributed by atoms with van der Waals surface area (Å²) in [6.45, 7) is 0. The Balaban J connectivity index is 1.55. The van der Waals surface area contributed by atoms with E-state index in [1.54, 1.807) is 18.2 Å². The molecule has 0 N–H and O–H groups in total. The summed E-state index contributed by atoms with van der Waals surface area (Å²) in [6.07, 6.45) is 1.18. The standard InChI is InChI=1S/C18H15F3N6S/c19-18(20,21)13-9-14(24-15(23-13)12-3-1-2-8-22-12)28-17-26-25-16(10-4-5-10)27(17)11-6-7-11/h1-3,8-11H,4-7H2. The maximum Gasteiger partial charge on any atom is 0.433 e. The third kappa shape index (κ3) is 3.48. The molecule has 3 aromatic rings. The van der Waals surface area contributed by atoms with Crippen molar-refractivity contribution in [1.29, 1.82) is 0 Å². The lowest BCUT2D eigenvalue weighted by Crippen LogP contribution is -2.10. The first-order valence-electron chi connectivity index (χ1n) is 8.99. The average molecular weight is 404 g/mol. The molecule has 0 atom stereocenters. The molecule has 144 valence electrons. The summed E-state index contributed by atoms with van der Waals surface area (Å²) in [5.41, 5.74) is -0.705. The van der Waals surface area contributed by atoms with Crippen LogP contribution in [0.15, 0.2) is 40.6 Å². The van der Waals surface area contributed by atoms with Gasteiger partial charge in [0.2, 0.25) is 0 Å². The Hall–Kier alpha value is -2.49. The fourth-order valence-electron chi connectivity index (χ4n) is 2.98. The number of halogens is 3. The Labute approximate surface area is 162 Å². The summed E-state index contributed by atoms with van der Waals surface area (Å²) in [5.74, 6) is 1.31. The van der Waals surface area contributed by atoms with E-state index in [2.05, 4.69) is 29.7 Å². The van der Waals surface area contributed by atoms with Gasteiger partial charge < -0.3 is 4.57 Å². The van der Waals surface area contributed by atoms with E-state index in [0.29, 0.717) is 17.1 Å². The van der Waals surface area contributed by atoms with Crippen LogP contribution in [-0.4, -0.2) is 29.7 Å². The van der Waals surface area contributed by atoms with E-state index >= 15 is 0 Å². The molecule has 5 rings (SSSR count). The fourth-order valence-corrected chi connectivity index (χ4v) is 3.89. The lowest BCUT2D eigenvalue weighted by Gasteiger charge is -2.11. The predicted molar refractivity (Wildman–Crippen MR) is 94.7 cm³/mol. The Morgan fingerprint density at radius 1 is 1.04 bits per heavy atom. The zero-order valence-corrected chi connectivity index (χ0v) is 15.4. The number of hydrogen-bond acceptors (Lipinski definition) is 6. The fraction of sp³-hybridized carbons (Fsp3) is 0.389. The average Bonchev–Trinajstić information content (AvgIpc) is 3.61. The summed E-state index contributed by atoms with van der Waals surface area (Å²) in [5, 5.41) is 9.31. The van der Waals surface area contributed by atoms with Crippen molar-refractivity contribution in [3.8, 4) is 11.5 Å². The number of nitrogens with zero attached hydrogens (tertiary/aromatic N) is 6. The smallest absolute Gasteiger partial charge is 0.302 e. The van der Waals surface area contributed by atoms with Crippen molar-refractivity contribution >= 4 is 11.8 Å². The van der Waals surface area contributed by atoms with Gasteiger partial charge in [0.25, 0.3) is 0 Å². The van der Waals surface area contributed by atoms with Crippen molar-refractivity contribution in [1.82, 2.24) is 29.7 Å². The second-order valence-corrected chi connectivity index (χ2v) is 7.93. The summed E-state index contributed by atoms with van der Waals surface area (Å²) in [6, 6.07) is 6.25. The van der Waals surface area contributed by atoms with Gasteiger partial charge in [0.05, 0.1) is 0 Å². The molecule has 28 heavy (non-hydrogen) atoms. The van der Waals surface area contributed by atoms with Crippen LogP contribution in [0.5, 0.6) is 0 Å². The monoisotopic (exact) mass is 404 g/mol. The highest BCUT2D eigenvalue weighted by Crippen LogP contribution is 2.46. The van der Waals surface area contributed by atoms with E-state index in [-0.39, 0.29) is 16.5 Å². The second kappa shape index (κ2) is 6.54. The Morgan fingerprint density at radius 3 is 2.50 bits per heavy atom. The van der Waals surface area contributed by atoms with E-state index in [9.17, 15) is 13.2 Å². The van der Waals surface area contributed by atoms with Crippen LogP contribution in [-0.2, 0) is 6.18 Å². The van der Waals surface area contributed by atoms with Gasteiger partial charge in [0.1, 0.15) is 22.2 Å². The SMILES string of the molecule is FC(F)(F)c1cc(Sc2nnc(C3CC3)n2C2CC2)nc(-c2ccccn2)n1. The van der Waals surface area contributed by atoms with Crippen LogP contribution in [0.1, 0.15) is 49.2 Å². The highest BCUT2D eigenvalue weighted by atomic mass is 32.2. The Kier molecular flexibility index (Phi) is 4.11. The molecule has 0 spiro atoms. The van der Waals surface area contributed by atoms with Crippen molar-refractivity contribution in [3.63, 3.8) is 0 Å². The summed E-state index contributed by atoms with van der Waals surface area (Å²) < 4.78 is 42.2. The first-order chi connectivity index (χ1) is 13.5. The van der Waals surface area contributed by atoms with Gasteiger partial charge in [-0.1, -0.05) is 6.07 Å². The van der Waals surface area contributed by atoms with Crippen LogP contribution in [0.4, 0.5) is 13.2 Å². The normalized spacial score (nSPS) is 17.1. The van der Waals surface area contributed by atoms with Crippen molar-refractivity contribution in [2.75, 3.05) is 0 Å². The molecule has 10 heteroatoms. The van der Waals surface area contributed by atoms with Crippen molar-refractivity contribution in [2.45, 2.75) is 54.0 Å². The lowest BCUT2D eigenvalue weighted by molar-refractivity contribution is -0.141. The second-order valence-electron chi connectivity index (χ2n) is 6.95.